The van der Waals surface area contributed by atoms with E-state index in [-0.39, 0.29) is 5.69 Å². The molecule has 0 aliphatic carbocycles. The Balaban J connectivity index is 1.78. The zero-order valence-corrected chi connectivity index (χ0v) is 16.7. The van der Waals surface area contributed by atoms with E-state index in [2.05, 4.69) is 0 Å². The zero-order valence-electron chi connectivity index (χ0n) is 15.9. The lowest BCUT2D eigenvalue weighted by Gasteiger charge is -2.25. The highest BCUT2D eigenvalue weighted by atomic mass is 35.5. The van der Waals surface area contributed by atoms with E-state index in [4.69, 9.17) is 20.8 Å². The van der Waals surface area contributed by atoms with Gasteiger partial charge in [0.1, 0.15) is 17.1 Å². The number of benzene rings is 3. The van der Waals surface area contributed by atoms with Crippen molar-refractivity contribution in [3.8, 4) is 5.75 Å². The molecule has 0 N–H and O–H groups in total. The molecule has 3 aromatic carbocycles. The molecule has 0 saturated heterocycles. The summed E-state index contributed by atoms with van der Waals surface area (Å²) in [6.07, 6.45) is 1.77. The molecule has 1 aliphatic rings. The fraction of sp³-hybridized carbons (Fsp3) is 0.0417. The lowest BCUT2D eigenvalue weighted by molar-refractivity contribution is -0.384. The van der Waals surface area contributed by atoms with Crippen LogP contribution in [0.2, 0.25) is 5.02 Å². The summed E-state index contributed by atoms with van der Waals surface area (Å²) in [7, 11) is 0. The molecule has 0 fully saturated rings. The molecule has 152 valence electrons. The SMILES string of the molecule is O=c1oc2ccccc2c2c1C(c1cccc([N+](=O)[O-])c1)C=C(c1ccc(Cl)cc1)O2. The molecule has 1 atom stereocenters. The van der Waals surface area contributed by atoms with Gasteiger partial charge in [-0.2, -0.15) is 0 Å². The van der Waals surface area contributed by atoms with Gasteiger partial charge in [0.05, 0.1) is 15.9 Å². The normalized spacial score (nSPS) is 15.1. The van der Waals surface area contributed by atoms with Crippen molar-refractivity contribution >= 4 is 34.0 Å². The van der Waals surface area contributed by atoms with Gasteiger partial charge in [-0.15, -0.1) is 0 Å². The van der Waals surface area contributed by atoms with Gasteiger partial charge in [-0.1, -0.05) is 35.9 Å². The number of ether oxygens (including phenoxy) is 1. The van der Waals surface area contributed by atoms with Crippen molar-refractivity contribution in [3.63, 3.8) is 0 Å². The summed E-state index contributed by atoms with van der Waals surface area (Å²) in [4.78, 5) is 23.8. The predicted molar refractivity (Wildman–Crippen MR) is 117 cm³/mol. The number of nitro groups is 1. The van der Waals surface area contributed by atoms with Crippen LogP contribution in [0.4, 0.5) is 5.69 Å². The minimum Gasteiger partial charge on any atom is -0.456 e. The molecule has 6 nitrogen and oxygen atoms in total. The van der Waals surface area contributed by atoms with E-state index in [1.807, 2.05) is 24.3 Å². The van der Waals surface area contributed by atoms with E-state index < -0.39 is 16.5 Å². The summed E-state index contributed by atoms with van der Waals surface area (Å²) in [5.41, 5.74) is 1.46. The van der Waals surface area contributed by atoms with Gasteiger partial charge in [-0.25, -0.2) is 4.79 Å². The molecule has 1 aliphatic heterocycles. The third kappa shape index (κ3) is 3.37. The first-order valence-corrected chi connectivity index (χ1v) is 9.85. The van der Waals surface area contributed by atoms with Crippen LogP contribution in [0.25, 0.3) is 16.7 Å². The largest absolute Gasteiger partial charge is 0.456 e. The number of nitrogens with zero attached hydrogens (tertiary/aromatic N) is 1. The van der Waals surface area contributed by atoms with Gasteiger partial charge in [-0.05, 0) is 48.0 Å². The van der Waals surface area contributed by atoms with Crippen molar-refractivity contribution in [1.82, 2.24) is 0 Å². The lowest BCUT2D eigenvalue weighted by Crippen LogP contribution is -2.19. The maximum Gasteiger partial charge on any atom is 0.344 e. The molecule has 7 heteroatoms. The maximum absolute atomic E-state index is 12.9. The molecule has 4 aromatic rings. The van der Waals surface area contributed by atoms with E-state index in [1.54, 1.807) is 42.5 Å². The first kappa shape index (κ1) is 19.1. The molecule has 31 heavy (non-hydrogen) atoms. The quantitative estimate of drug-likeness (QED) is 0.228. The second kappa shape index (κ2) is 7.41. The molecule has 0 bridgehead atoms. The Hall–Kier alpha value is -3.90. The van der Waals surface area contributed by atoms with Crippen molar-refractivity contribution in [1.29, 1.82) is 0 Å². The third-order valence-electron chi connectivity index (χ3n) is 5.21. The van der Waals surface area contributed by atoms with Gasteiger partial charge in [0.2, 0.25) is 0 Å². The second-order valence-electron chi connectivity index (χ2n) is 7.10. The minimum absolute atomic E-state index is 0.0582. The number of halogens is 1. The van der Waals surface area contributed by atoms with E-state index >= 15 is 0 Å². The smallest absolute Gasteiger partial charge is 0.344 e. The van der Waals surface area contributed by atoms with Crippen molar-refractivity contribution in [3.05, 3.63) is 121 Å². The molecule has 0 radical (unpaired) electrons. The molecule has 5 rings (SSSR count). The van der Waals surface area contributed by atoms with Gasteiger partial charge in [0, 0.05) is 28.6 Å². The average molecular weight is 432 g/mol. The molecule has 0 spiro atoms. The molecular weight excluding hydrogens is 418 g/mol. The van der Waals surface area contributed by atoms with Crippen LogP contribution in [0.15, 0.2) is 88.1 Å². The number of nitro benzene ring substituents is 1. The summed E-state index contributed by atoms with van der Waals surface area (Å²) in [6, 6.07) is 20.5. The number of fused-ring (bicyclic) bond motifs is 3. The Morgan fingerprint density at radius 1 is 0.968 bits per heavy atom. The topological polar surface area (TPSA) is 82.6 Å². The number of allylic oxidation sites excluding steroid dienone is 1. The predicted octanol–water partition coefficient (Wildman–Crippen LogP) is 5.92. The lowest BCUT2D eigenvalue weighted by atomic mass is 9.87. The summed E-state index contributed by atoms with van der Waals surface area (Å²) < 4.78 is 11.7. The summed E-state index contributed by atoms with van der Waals surface area (Å²) in [6.45, 7) is 0. The molecule has 0 saturated carbocycles. The third-order valence-corrected chi connectivity index (χ3v) is 5.46. The van der Waals surface area contributed by atoms with Crippen molar-refractivity contribution in [2.24, 2.45) is 0 Å². The van der Waals surface area contributed by atoms with Crippen LogP contribution in [0, 0.1) is 10.1 Å². The van der Waals surface area contributed by atoms with Crippen LogP contribution >= 0.6 is 11.6 Å². The van der Waals surface area contributed by atoms with E-state index in [0.717, 1.165) is 5.56 Å². The number of hydrogen-bond acceptors (Lipinski definition) is 5. The maximum atomic E-state index is 12.9. The molecule has 1 aromatic heterocycles. The highest BCUT2D eigenvalue weighted by Gasteiger charge is 2.31. The molecule has 2 heterocycles. The Labute approximate surface area is 181 Å². The van der Waals surface area contributed by atoms with Crippen molar-refractivity contribution < 1.29 is 14.1 Å². The van der Waals surface area contributed by atoms with Crippen molar-refractivity contribution in [2.75, 3.05) is 0 Å². The Morgan fingerprint density at radius 3 is 2.52 bits per heavy atom. The van der Waals surface area contributed by atoms with Crippen LogP contribution in [0.5, 0.6) is 5.75 Å². The molecule has 0 amide bonds. The average Bonchev–Trinajstić information content (AvgIpc) is 2.79. The van der Waals surface area contributed by atoms with Crippen LogP contribution in [-0.2, 0) is 0 Å². The summed E-state index contributed by atoms with van der Waals surface area (Å²) in [5, 5.41) is 12.5. The Bertz CT molecular complexity index is 1420. The van der Waals surface area contributed by atoms with Crippen LogP contribution < -0.4 is 10.4 Å². The second-order valence-corrected chi connectivity index (χ2v) is 7.53. The van der Waals surface area contributed by atoms with Crippen LogP contribution in [0.1, 0.15) is 22.6 Å². The van der Waals surface area contributed by atoms with Crippen molar-refractivity contribution in [2.45, 2.75) is 5.92 Å². The summed E-state index contributed by atoms with van der Waals surface area (Å²) >= 11 is 6.02. The first-order valence-electron chi connectivity index (χ1n) is 9.47. The highest BCUT2D eigenvalue weighted by Crippen LogP contribution is 2.43. The van der Waals surface area contributed by atoms with Gasteiger partial charge >= 0.3 is 5.63 Å². The zero-order chi connectivity index (χ0) is 21.5. The fourth-order valence-corrected chi connectivity index (χ4v) is 3.88. The minimum atomic E-state index is -0.588. The molecule has 1 unspecified atom stereocenters. The van der Waals surface area contributed by atoms with Gasteiger partial charge in [-0.3, -0.25) is 10.1 Å². The molecular formula is C24H14ClNO5. The van der Waals surface area contributed by atoms with E-state index in [0.29, 0.717) is 38.6 Å². The van der Waals surface area contributed by atoms with Crippen LogP contribution in [-0.4, -0.2) is 4.92 Å². The van der Waals surface area contributed by atoms with E-state index in [9.17, 15) is 14.9 Å². The Kier molecular flexibility index (Phi) is 4.56. The van der Waals surface area contributed by atoms with E-state index in [1.165, 1.54) is 12.1 Å². The monoisotopic (exact) mass is 431 g/mol. The van der Waals surface area contributed by atoms with Gasteiger partial charge in [0.25, 0.3) is 5.69 Å². The number of para-hydroxylation sites is 1. The number of rotatable bonds is 3. The van der Waals surface area contributed by atoms with Gasteiger partial charge in [0.15, 0.2) is 0 Å². The van der Waals surface area contributed by atoms with Gasteiger partial charge < -0.3 is 9.15 Å². The number of non-ortho nitro benzene ring substituents is 1. The fourth-order valence-electron chi connectivity index (χ4n) is 3.76. The van der Waals surface area contributed by atoms with Crippen LogP contribution in [0.3, 0.4) is 0 Å². The number of hydrogen-bond donors (Lipinski definition) is 0. The highest BCUT2D eigenvalue weighted by molar-refractivity contribution is 6.30. The Morgan fingerprint density at radius 2 is 1.74 bits per heavy atom. The first-order chi connectivity index (χ1) is 15.0. The summed E-state index contributed by atoms with van der Waals surface area (Å²) in [5.74, 6) is 0.322. The standard InChI is InChI=1S/C24H14ClNO5/c25-16-10-8-14(9-11-16)21-13-19(15-4-3-5-17(12-15)26(28)29)22-23(30-21)18-6-1-2-7-20(18)31-24(22)27/h1-13,19H.